The Balaban J connectivity index is 3.16. The van der Waals surface area contributed by atoms with E-state index in [1.165, 1.54) is 6.07 Å². The summed E-state index contributed by atoms with van der Waals surface area (Å²) in [6, 6.07) is 4.80. The van der Waals surface area contributed by atoms with Gasteiger partial charge in [0.1, 0.15) is 0 Å². The molecule has 0 aliphatic heterocycles. The highest BCUT2D eigenvalue weighted by Crippen LogP contribution is 2.23. The fourth-order valence-corrected chi connectivity index (χ4v) is 1.48. The predicted molar refractivity (Wildman–Crippen MR) is 61.9 cm³/mol. The quantitative estimate of drug-likeness (QED) is 0.801. The van der Waals surface area contributed by atoms with E-state index in [-0.39, 0.29) is 5.56 Å². The lowest BCUT2D eigenvalue weighted by molar-refractivity contribution is 0.0697. The van der Waals surface area contributed by atoms with Crippen LogP contribution in [-0.4, -0.2) is 24.7 Å². The van der Waals surface area contributed by atoms with E-state index in [4.69, 9.17) is 16.7 Å². The van der Waals surface area contributed by atoms with E-state index in [9.17, 15) is 4.79 Å². The number of likely N-dealkylation sites (N-methyl/N-ethyl adjacent to an activating group) is 1. The summed E-state index contributed by atoms with van der Waals surface area (Å²) in [5, 5.41) is 9.42. The maximum atomic E-state index is 11.0. The van der Waals surface area contributed by atoms with Crippen molar-refractivity contribution in [3.63, 3.8) is 0 Å². The zero-order valence-electron chi connectivity index (χ0n) is 8.40. The van der Waals surface area contributed by atoms with E-state index < -0.39 is 5.97 Å². The molecule has 0 heterocycles. The Hall–Kier alpha value is -1.48. The van der Waals surface area contributed by atoms with Gasteiger partial charge in [-0.15, -0.1) is 6.58 Å². The van der Waals surface area contributed by atoms with Crippen LogP contribution < -0.4 is 4.90 Å². The molecule has 1 N–H and O–H groups in total. The molecule has 0 saturated carbocycles. The second kappa shape index (κ2) is 4.84. The number of halogens is 1. The van der Waals surface area contributed by atoms with Crippen molar-refractivity contribution in [2.24, 2.45) is 0 Å². The summed E-state index contributed by atoms with van der Waals surface area (Å²) in [5.41, 5.74) is 0.832. The largest absolute Gasteiger partial charge is 0.478 e. The maximum absolute atomic E-state index is 11.0. The zero-order chi connectivity index (χ0) is 11.4. The van der Waals surface area contributed by atoms with Gasteiger partial charge in [0.25, 0.3) is 0 Å². The van der Waals surface area contributed by atoms with Crippen molar-refractivity contribution in [3.05, 3.63) is 41.4 Å². The molecule has 0 saturated heterocycles. The zero-order valence-corrected chi connectivity index (χ0v) is 9.16. The lowest BCUT2D eigenvalue weighted by atomic mass is 10.1. The molecular formula is C11H12ClNO2. The van der Waals surface area contributed by atoms with E-state index in [1.807, 2.05) is 0 Å². The minimum atomic E-state index is -0.983. The van der Waals surface area contributed by atoms with Gasteiger partial charge in [-0.1, -0.05) is 17.7 Å². The first-order chi connectivity index (χ1) is 7.06. The molecule has 0 aliphatic rings. The molecule has 0 aliphatic carbocycles. The molecule has 4 heteroatoms. The van der Waals surface area contributed by atoms with Crippen molar-refractivity contribution in [1.29, 1.82) is 0 Å². The maximum Gasteiger partial charge on any atom is 0.337 e. The van der Waals surface area contributed by atoms with Crippen LogP contribution in [0.2, 0.25) is 5.02 Å². The molecule has 80 valence electrons. The van der Waals surface area contributed by atoms with Crippen LogP contribution in [0.3, 0.4) is 0 Å². The smallest absolute Gasteiger partial charge is 0.337 e. The summed E-state index contributed by atoms with van der Waals surface area (Å²) >= 11 is 5.74. The molecule has 15 heavy (non-hydrogen) atoms. The number of carboxylic acid groups (broad SMARTS) is 1. The molecule has 1 aromatic carbocycles. The van der Waals surface area contributed by atoms with Crippen molar-refractivity contribution < 1.29 is 9.90 Å². The SMILES string of the molecule is C=CCN(C)c1ccc(Cl)cc1C(=O)O. The fourth-order valence-electron chi connectivity index (χ4n) is 1.30. The number of benzene rings is 1. The number of aromatic carboxylic acids is 1. The van der Waals surface area contributed by atoms with Gasteiger partial charge in [0.2, 0.25) is 0 Å². The van der Waals surface area contributed by atoms with Crippen molar-refractivity contribution in [2.45, 2.75) is 0 Å². The van der Waals surface area contributed by atoms with Gasteiger partial charge in [-0.3, -0.25) is 0 Å². The second-order valence-corrected chi connectivity index (χ2v) is 3.57. The summed E-state index contributed by atoms with van der Waals surface area (Å²) in [7, 11) is 1.80. The van der Waals surface area contributed by atoms with Crippen molar-refractivity contribution >= 4 is 23.3 Å². The van der Waals surface area contributed by atoms with Gasteiger partial charge in [-0.2, -0.15) is 0 Å². The molecule has 1 aromatic rings. The van der Waals surface area contributed by atoms with E-state index >= 15 is 0 Å². The van der Waals surface area contributed by atoms with Crippen molar-refractivity contribution in [1.82, 2.24) is 0 Å². The Morgan fingerprint density at radius 3 is 2.87 bits per heavy atom. The van der Waals surface area contributed by atoms with E-state index in [2.05, 4.69) is 6.58 Å². The number of hydrogen-bond acceptors (Lipinski definition) is 2. The minimum Gasteiger partial charge on any atom is -0.478 e. The molecule has 0 atom stereocenters. The standard InChI is InChI=1S/C11H12ClNO2/c1-3-6-13(2)10-5-4-8(12)7-9(10)11(14)15/h3-5,7H,1,6H2,2H3,(H,14,15). The van der Waals surface area contributed by atoms with Gasteiger partial charge >= 0.3 is 5.97 Å². The molecular weight excluding hydrogens is 214 g/mol. The average Bonchev–Trinajstić information content (AvgIpc) is 2.17. The Morgan fingerprint density at radius 1 is 1.67 bits per heavy atom. The molecule has 0 spiro atoms. The Morgan fingerprint density at radius 2 is 2.33 bits per heavy atom. The highest BCUT2D eigenvalue weighted by molar-refractivity contribution is 6.31. The van der Waals surface area contributed by atoms with Crippen LogP contribution >= 0.6 is 11.6 Å². The van der Waals surface area contributed by atoms with Gasteiger partial charge < -0.3 is 10.0 Å². The van der Waals surface area contributed by atoms with Crippen LogP contribution in [0.4, 0.5) is 5.69 Å². The second-order valence-electron chi connectivity index (χ2n) is 3.14. The number of rotatable bonds is 4. The molecule has 0 unspecified atom stereocenters. The third-order valence-electron chi connectivity index (χ3n) is 2.00. The third-order valence-corrected chi connectivity index (χ3v) is 2.24. The molecule has 1 rings (SSSR count). The van der Waals surface area contributed by atoms with Crippen LogP contribution in [0.1, 0.15) is 10.4 Å². The lowest BCUT2D eigenvalue weighted by Gasteiger charge is -2.19. The van der Waals surface area contributed by atoms with E-state index in [0.717, 1.165) is 0 Å². The first kappa shape index (κ1) is 11.6. The highest BCUT2D eigenvalue weighted by atomic mass is 35.5. The minimum absolute atomic E-state index is 0.201. The van der Waals surface area contributed by atoms with Gasteiger partial charge in [0.15, 0.2) is 0 Å². The van der Waals surface area contributed by atoms with Crippen molar-refractivity contribution in [3.8, 4) is 0 Å². The van der Waals surface area contributed by atoms with Crippen LogP contribution in [0.25, 0.3) is 0 Å². The molecule has 0 fully saturated rings. The topological polar surface area (TPSA) is 40.5 Å². The highest BCUT2D eigenvalue weighted by Gasteiger charge is 2.12. The number of nitrogens with zero attached hydrogens (tertiary/aromatic N) is 1. The fraction of sp³-hybridized carbons (Fsp3) is 0.182. The van der Waals surface area contributed by atoms with Crippen LogP contribution in [0, 0.1) is 0 Å². The number of carbonyl (C=O) groups is 1. The summed E-state index contributed by atoms with van der Waals surface area (Å²) in [6.45, 7) is 4.19. The summed E-state index contributed by atoms with van der Waals surface area (Å²) < 4.78 is 0. The normalized spacial score (nSPS) is 9.73. The average molecular weight is 226 g/mol. The van der Waals surface area contributed by atoms with E-state index in [1.54, 1.807) is 30.2 Å². The van der Waals surface area contributed by atoms with Gasteiger partial charge in [-0.25, -0.2) is 4.79 Å². The van der Waals surface area contributed by atoms with Crippen LogP contribution in [0.5, 0.6) is 0 Å². The van der Waals surface area contributed by atoms with E-state index in [0.29, 0.717) is 17.3 Å². The molecule has 0 aromatic heterocycles. The van der Waals surface area contributed by atoms with Crippen LogP contribution in [0.15, 0.2) is 30.9 Å². The molecule has 0 amide bonds. The molecule has 0 bridgehead atoms. The monoisotopic (exact) mass is 225 g/mol. The summed E-state index contributed by atoms with van der Waals surface area (Å²) in [4.78, 5) is 12.8. The number of hydrogen-bond donors (Lipinski definition) is 1. The lowest BCUT2D eigenvalue weighted by Crippen LogP contribution is -2.19. The first-order valence-electron chi connectivity index (χ1n) is 4.41. The number of anilines is 1. The third kappa shape index (κ3) is 2.73. The van der Waals surface area contributed by atoms with Gasteiger partial charge in [0.05, 0.1) is 11.3 Å². The predicted octanol–water partition coefficient (Wildman–Crippen LogP) is 2.66. The Kier molecular flexibility index (Phi) is 3.74. The first-order valence-corrected chi connectivity index (χ1v) is 4.79. The Labute approximate surface area is 93.6 Å². The van der Waals surface area contributed by atoms with Gasteiger partial charge in [0, 0.05) is 18.6 Å². The molecule has 0 radical (unpaired) electrons. The summed E-state index contributed by atoms with van der Waals surface area (Å²) in [6.07, 6.45) is 1.71. The van der Waals surface area contributed by atoms with Crippen LogP contribution in [-0.2, 0) is 0 Å². The van der Waals surface area contributed by atoms with Crippen molar-refractivity contribution in [2.75, 3.05) is 18.5 Å². The molecule has 3 nitrogen and oxygen atoms in total. The Bertz CT molecular complexity index is 390. The summed E-state index contributed by atoms with van der Waals surface area (Å²) in [5.74, 6) is -0.983. The number of carboxylic acids is 1. The van der Waals surface area contributed by atoms with Gasteiger partial charge in [-0.05, 0) is 18.2 Å².